The lowest BCUT2D eigenvalue weighted by atomic mass is 10.1. The number of nitrogens with one attached hydrogen (secondary N) is 1. The number of methoxy groups -OCH3 is 1. The maximum absolute atomic E-state index is 13.4. The van der Waals surface area contributed by atoms with Crippen LogP contribution >= 0.6 is 0 Å². The Morgan fingerprint density at radius 2 is 1.97 bits per heavy atom. The molecule has 3 aliphatic heterocycles. The molecule has 2 amide bonds. The molecular formula is C27H34N4O6. The van der Waals surface area contributed by atoms with E-state index in [0.717, 1.165) is 38.2 Å². The van der Waals surface area contributed by atoms with Gasteiger partial charge in [-0.25, -0.2) is 0 Å². The van der Waals surface area contributed by atoms with Gasteiger partial charge in [-0.15, -0.1) is 0 Å². The summed E-state index contributed by atoms with van der Waals surface area (Å²) in [4.78, 5) is 34.6. The standard InChI is InChI=1S/C27H34N4O6/c1-34-10-7-30-17-26(32)29-24-15-31(21-5-8-35-9-6-21)16-25(24)36-18-19-3-2-4-22(11-19)37-23-12-20(27(30)33)13-28-14-23/h2-4,11-14,21,24-25H,5-10,15-18H2,1H3,(H,29,32)/t24-,25-/m0/s1. The Balaban J connectivity index is 1.42. The molecule has 5 rings (SSSR count). The third-order valence-corrected chi connectivity index (χ3v) is 7.09. The van der Waals surface area contributed by atoms with E-state index in [2.05, 4.69) is 15.2 Å². The summed E-state index contributed by atoms with van der Waals surface area (Å²) in [6.07, 6.45) is 4.81. The number of carbonyl (C=O) groups excluding carboxylic acids is 2. The molecule has 1 aromatic heterocycles. The molecule has 2 fully saturated rings. The van der Waals surface area contributed by atoms with Crippen molar-refractivity contribution < 1.29 is 28.5 Å². The summed E-state index contributed by atoms with van der Waals surface area (Å²) < 4.78 is 23.1. The fourth-order valence-electron chi connectivity index (χ4n) is 5.15. The molecule has 0 aliphatic carbocycles. The first-order valence-corrected chi connectivity index (χ1v) is 12.8. The lowest BCUT2D eigenvalue weighted by molar-refractivity contribution is -0.123. The van der Waals surface area contributed by atoms with Gasteiger partial charge in [-0.3, -0.25) is 19.5 Å². The van der Waals surface area contributed by atoms with Gasteiger partial charge in [-0.2, -0.15) is 0 Å². The van der Waals surface area contributed by atoms with Gasteiger partial charge in [0.1, 0.15) is 11.5 Å². The zero-order valence-corrected chi connectivity index (χ0v) is 21.1. The third kappa shape index (κ3) is 6.45. The van der Waals surface area contributed by atoms with Crippen LogP contribution in [0.3, 0.4) is 0 Å². The predicted molar refractivity (Wildman–Crippen MR) is 134 cm³/mol. The van der Waals surface area contributed by atoms with E-state index in [1.165, 1.54) is 11.1 Å². The minimum absolute atomic E-state index is 0.0905. The number of carbonyl (C=O) groups is 2. The average Bonchev–Trinajstić information content (AvgIpc) is 3.32. The number of fused-ring (bicyclic) bond motifs is 5. The summed E-state index contributed by atoms with van der Waals surface area (Å²) in [6, 6.07) is 9.54. The van der Waals surface area contributed by atoms with Crippen molar-refractivity contribution in [2.45, 2.75) is 37.6 Å². The number of pyridine rings is 1. The van der Waals surface area contributed by atoms with Crippen LogP contribution in [0.15, 0.2) is 42.7 Å². The second kappa shape index (κ2) is 12.0. The molecule has 0 saturated carbocycles. The second-order valence-corrected chi connectivity index (χ2v) is 9.70. The first-order valence-electron chi connectivity index (χ1n) is 12.8. The smallest absolute Gasteiger partial charge is 0.256 e. The largest absolute Gasteiger partial charge is 0.456 e. The molecule has 0 spiro atoms. The summed E-state index contributed by atoms with van der Waals surface area (Å²) in [6.45, 7) is 3.82. The highest BCUT2D eigenvalue weighted by Crippen LogP contribution is 2.26. The summed E-state index contributed by atoms with van der Waals surface area (Å²) >= 11 is 0. The number of benzene rings is 1. The van der Waals surface area contributed by atoms with E-state index in [1.54, 1.807) is 19.4 Å². The molecule has 198 valence electrons. The number of hydrogen-bond donors (Lipinski definition) is 1. The van der Waals surface area contributed by atoms with Crippen molar-refractivity contribution in [2.24, 2.45) is 0 Å². The van der Waals surface area contributed by atoms with Crippen molar-refractivity contribution in [3.63, 3.8) is 0 Å². The van der Waals surface area contributed by atoms with Gasteiger partial charge in [-0.1, -0.05) is 12.1 Å². The van der Waals surface area contributed by atoms with Crippen LogP contribution in [-0.2, 0) is 25.6 Å². The van der Waals surface area contributed by atoms with E-state index in [9.17, 15) is 9.59 Å². The molecule has 10 nitrogen and oxygen atoms in total. The lowest BCUT2D eigenvalue weighted by Crippen LogP contribution is -2.49. The average molecular weight is 511 g/mol. The van der Waals surface area contributed by atoms with Gasteiger partial charge in [0, 0.05) is 52.2 Å². The molecule has 2 atom stereocenters. The Hall–Kier alpha value is -3.05. The normalized spacial score (nSPS) is 23.9. The molecule has 2 aromatic rings. The molecule has 0 radical (unpaired) electrons. The van der Waals surface area contributed by atoms with Crippen molar-refractivity contribution >= 4 is 11.8 Å². The summed E-state index contributed by atoms with van der Waals surface area (Å²) in [7, 11) is 1.57. The molecular weight excluding hydrogens is 476 g/mol. The first-order chi connectivity index (χ1) is 18.1. The van der Waals surface area contributed by atoms with Crippen LogP contribution in [0.5, 0.6) is 11.5 Å². The Morgan fingerprint density at radius 1 is 1.11 bits per heavy atom. The van der Waals surface area contributed by atoms with Gasteiger partial charge in [0.25, 0.3) is 5.91 Å². The highest BCUT2D eigenvalue weighted by molar-refractivity contribution is 5.96. The van der Waals surface area contributed by atoms with Crippen LogP contribution in [0.25, 0.3) is 0 Å². The Morgan fingerprint density at radius 3 is 2.81 bits per heavy atom. The highest BCUT2D eigenvalue weighted by Gasteiger charge is 2.38. The maximum atomic E-state index is 13.4. The van der Waals surface area contributed by atoms with Gasteiger partial charge in [0.2, 0.25) is 5.91 Å². The third-order valence-electron chi connectivity index (χ3n) is 7.09. The molecule has 4 bridgehead atoms. The Kier molecular flexibility index (Phi) is 8.30. The fraction of sp³-hybridized carbons (Fsp3) is 0.519. The van der Waals surface area contributed by atoms with Crippen molar-refractivity contribution in [2.75, 3.05) is 53.1 Å². The highest BCUT2D eigenvalue weighted by atomic mass is 16.5. The second-order valence-electron chi connectivity index (χ2n) is 9.70. The quantitative estimate of drug-likeness (QED) is 0.665. The number of amides is 2. The van der Waals surface area contributed by atoms with Gasteiger partial charge in [0.05, 0.1) is 43.7 Å². The first kappa shape index (κ1) is 25.6. The van der Waals surface area contributed by atoms with Crippen molar-refractivity contribution in [1.29, 1.82) is 0 Å². The molecule has 37 heavy (non-hydrogen) atoms. The number of likely N-dealkylation sites (tertiary alicyclic amines) is 1. The molecule has 2 saturated heterocycles. The van der Waals surface area contributed by atoms with E-state index < -0.39 is 0 Å². The number of rotatable bonds is 4. The van der Waals surface area contributed by atoms with Crippen LogP contribution in [0.1, 0.15) is 28.8 Å². The van der Waals surface area contributed by atoms with Gasteiger partial charge >= 0.3 is 0 Å². The molecule has 10 heteroatoms. The summed E-state index contributed by atoms with van der Waals surface area (Å²) in [5, 5.41) is 3.16. The van der Waals surface area contributed by atoms with E-state index in [-0.39, 0.29) is 37.0 Å². The molecule has 1 aromatic carbocycles. The topological polar surface area (TPSA) is 102 Å². The van der Waals surface area contributed by atoms with E-state index in [1.807, 2.05) is 24.3 Å². The summed E-state index contributed by atoms with van der Waals surface area (Å²) in [5.74, 6) is 0.534. The number of ether oxygens (including phenoxy) is 4. The fourth-order valence-corrected chi connectivity index (χ4v) is 5.15. The number of hydrogen-bond acceptors (Lipinski definition) is 8. The monoisotopic (exact) mass is 510 g/mol. The van der Waals surface area contributed by atoms with Gasteiger partial charge < -0.3 is 29.2 Å². The van der Waals surface area contributed by atoms with Crippen molar-refractivity contribution in [3.8, 4) is 11.5 Å². The number of nitrogens with zero attached hydrogens (tertiary/aromatic N) is 3. The van der Waals surface area contributed by atoms with Crippen LogP contribution in [-0.4, -0.2) is 97.9 Å². The zero-order chi connectivity index (χ0) is 25.6. The maximum Gasteiger partial charge on any atom is 0.256 e. The summed E-state index contributed by atoms with van der Waals surface area (Å²) in [5.41, 5.74) is 1.31. The van der Waals surface area contributed by atoms with Crippen molar-refractivity contribution in [3.05, 3.63) is 53.9 Å². The van der Waals surface area contributed by atoms with Crippen LogP contribution < -0.4 is 10.1 Å². The minimum atomic E-state index is -0.311. The minimum Gasteiger partial charge on any atom is -0.456 e. The molecule has 1 N–H and O–H groups in total. The van der Waals surface area contributed by atoms with Gasteiger partial charge in [0.15, 0.2) is 0 Å². The van der Waals surface area contributed by atoms with E-state index in [0.29, 0.717) is 42.9 Å². The van der Waals surface area contributed by atoms with Gasteiger partial charge in [-0.05, 0) is 36.6 Å². The van der Waals surface area contributed by atoms with Crippen molar-refractivity contribution in [1.82, 2.24) is 20.1 Å². The predicted octanol–water partition coefficient (Wildman–Crippen LogP) is 1.84. The Labute approximate surface area is 216 Å². The number of aromatic nitrogens is 1. The van der Waals surface area contributed by atoms with Crippen LogP contribution in [0.2, 0.25) is 0 Å². The Bertz CT molecular complexity index is 1090. The molecule has 0 unspecified atom stereocenters. The SMILES string of the molecule is COCCN1CC(=O)N[C@H]2CN(C3CCOCC3)C[C@@H]2OCc2cccc(c2)Oc2cncc(c2)C1=O. The lowest BCUT2D eigenvalue weighted by Gasteiger charge is -2.31. The molecule has 4 heterocycles. The zero-order valence-electron chi connectivity index (χ0n) is 21.1. The molecule has 3 aliphatic rings. The van der Waals surface area contributed by atoms with E-state index in [4.69, 9.17) is 18.9 Å². The van der Waals surface area contributed by atoms with Crippen LogP contribution in [0, 0.1) is 0 Å². The van der Waals surface area contributed by atoms with E-state index >= 15 is 0 Å². The van der Waals surface area contributed by atoms with Crippen LogP contribution in [0.4, 0.5) is 0 Å².